The Hall–Kier alpha value is -0.573. The van der Waals surface area contributed by atoms with Crippen LogP contribution in [-0.2, 0) is 14.0 Å². The number of thioether (sulfide) groups is 1. The Kier molecular flexibility index (Phi) is 4.94. The molecule has 2 unspecified atom stereocenters. The number of fused-ring (bicyclic) bond motifs is 1. The quantitative estimate of drug-likeness (QED) is 0.573. The molecule has 2 aliphatic heterocycles. The van der Waals surface area contributed by atoms with E-state index in [1.165, 1.54) is 16.7 Å². The van der Waals surface area contributed by atoms with Crippen molar-refractivity contribution in [3.05, 3.63) is 0 Å². The summed E-state index contributed by atoms with van der Waals surface area (Å²) in [6, 6.07) is -0.932. The molecule has 0 aromatic carbocycles. The summed E-state index contributed by atoms with van der Waals surface area (Å²) >= 11 is 1.38. The van der Waals surface area contributed by atoms with Crippen molar-refractivity contribution in [2.45, 2.75) is 68.6 Å². The van der Waals surface area contributed by atoms with Crippen LogP contribution in [0.5, 0.6) is 0 Å². The first kappa shape index (κ1) is 18.8. The number of aliphatic hydroxyl groups is 1. The Morgan fingerprint density at radius 3 is 2.43 bits per heavy atom. The van der Waals surface area contributed by atoms with Crippen molar-refractivity contribution in [1.82, 2.24) is 4.90 Å². The average molecular weight is 362 g/mol. The summed E-state index contributed by atoms with van der Waals surface area (Å²) in [7, 11) is -2.00. The van der Waals surface area contributed by atoms with Crippen LogP contribution in [0, 0.1) is 5.92 Å². The number of nitrogens with zero attached hydrogens (tertiary/aromatic N) is 1. The predicted octanol–water partition coefficient (Wildman–Crippen LogP) is 1.74. The van der Waals surface area contributed by atoms with Gasteiger partial charge in [-0.1, -0.05) is 20.8 Å². The zero-order valence-electron chi connectivity index (χ0n) is 14.6. The number of carboxylic acid groups (broad SMARTS) is 1. The number of rotatable bonds is 5. The smallest absolute Gasteiger partial charge is 0.327 e. The molecule has 132 valence electrons. The third kappa shape index (κ3) is 3.06. The number of hydrogen-bond acceptors (Lipinski definition) is 5. The van der Waals surface area contributed by atoms with Gasteiger partial charge in [-0.3, -0.25) is 4.79 Å². The Morgan fingerprint density at radius 2 is 2.00 bits per heavy atom. The largest absolute Gasteiger partial charge is 0.480 e. The number of carboxylic acids is 1. The van der Waals surface area contributed by atoms with Crippen molar-refractivity contribution < 1.29 is 24.2 Å². The first-order valence-corrected chi connectivity index (χ1v) is 11.8. The maximum Gasteiger partial charge on any atom is 0.327 e. The van der Waals surface area contributed by atoms with E-state index in [0.717, 1.165) is 0 Å². The second-order valence-electron chi connectivity index (χ2n) is 7.89. The molecule has 1 amide bonds. The highest BCUT2D eigenvalue weighted by atomic mass is 32.2. The van der Waals surface area contributed by atoms with Gasteiger partial charge in [0.05, 0.1) is 29.3 Å². The Bertz CT molecular complexity index is 507. The number of aliphatic carboxylic acids is 1. The van der Waals surface area contributed by atoms with Gasteiger partial charge in [0.1, 0.15) is 6.04 Å². The molecule has 8 heteroatoms. The number of hydrogen-bond donors (Lipinski definition) is 2. The van der Waals surface area contributed by atoms with E-state index in [0.29, 0.717) is 0 Å². The molecule has 2 fully saturated rings. The molecule has 2 aliphatic rings. The summed E-state index contributed by atoms with van der Waals surface area (Å²) in [6.45, 7) is 12.4. The highest BCUT2D eigenvalue weighted by molar-refractivity contribution is 8.01. The summed E-state index contributed by atoms with van der Waals surface area (Å²) in [4.78, 5) is 25.3. The molecule has 5 atom stereocenters. The van der Waals surface area contributed by atoms with E-state index < -0.39 is 25.6 Å². The van der Waals surface area contributed by atoms with Crippen molar-refractivity contribution in [3.8, 4) is 0 Å². The van der Waals surface area contributed by atoms with E-state index in [-0.39, 0.29) is 34.9 Å². The predicted molar refractivity (Wildman–Crippen MR) is 91.8 cm³/mol. The van der Waals surface area contributed by atoms with Crippen LogP contribution < -0.4 is 0 Å². The van der Waals surface area contributed by atoms with Gasteiger partial charge >= 0.3 is 5.97 Å². The summed E-state index contributed by atoms with van der Waals surface area (Å²) < 4.78 is 6.32. The molecule has 2 rings (SSSR count). The fourth-order valence-electron chi connectivity index (χ4n) is 2.96. The van der Waals surface area contributed by atoms with E-state index >= 15 is 0 Å². The van der Waals surface area contributed by atoms with E-state index in [1.807, 2.05) is 6.92 Å². The molecule has 0 aromatic heterocycles. The minimum Gasteiger partial charge on any atom is -0.480 e. The van der Waals surface area contributed by atoms with Crippen molar-refractivity contribution in [3.63, 3.8) is 0 Å². The zero-order chi connectivity index (χ0) is 17.7. The van der Waals surface area contributed by atoms with E-state index in [2.05, 4.69) is 33.9 Å². The minimum atomic E-state index is -2.00. The van der Waals surface area contributed by atoms with E-state index in [1.54, 1.807) is 0 Å². The lowest BCUT2D eigenvalue weighted by Crippen LogP contribution is -2.65. The standard InChI is InChI=1S/C15H27NO5SSi/c1-8(21-23(5,6)15(2,3)4)10-12(18)16-11(14(19)20)9(7-17)22-13(10)16/h8-11,13,17H,7H2,1-6H3,(H,19,20)/t8-,9?,10+,11?,13-/m1/s1. The van der Waals surface area contributed by atoms with Gasteiger partial charge in [-0.15, -0.1) is 11.8 Å². The lowest BCUT2D eigenvalue weighted by atomic mass is 9.90. The average Bonchev–Trinajstić information content (AvgIpc) is 2.71. The Labute approximate surface area is 142 Å². The molecule has 2 heterocycles. The van der Waals surface area contributed by atoms with Crippen molar-refractivity contribution >= 4 is 32.0 Å². The van der Waals surface area contributed by atoms with Crippen molar-refractivity contribution in [2.24, 2.45) is 5.92 Å². The second-order valence-corrected chi connectivity index (χ2v) is 14.0. The van der Waals surface area contributed by atoms with Gasteiger partial charge in [-0.25, -0.2) is 4.79 Å². The van der Waals surface area contributed by atoms with Crippen LogP contribution in [0.1, 0.15) is 27.7 Å². The summed E-state index contributed by atoms with van der Waals surface area (Å²) in [6.07, 6.45) is -0.246. The minimum absolute atomic E-state index is 0.0494. The number of β-lactam (4-membered cyclic amide) rings is 1. The SMILES string of the molecule is C[C@@H](O[Si](C)(C)C(C)(C)C)[C@H]1C(=O)N2C(C(=O)O)C(CO)S[C@H]12. The highest BCUT2D eigenvalue weighted by Gasteiger charge is 2.62. The molecule has 0 aliphatic carbocycles. The molecule has 2 saturated heterocycles. The first-order valence-electron chi connectivity index (χ1n) is 7.91. The van der Waals surface area contributed by atoms with E-state index in [4.69, 9.17) is 4.43 Å². The van der Waals surface area contributed by atoms with Crippen molar-refractivity contribution in [1.29, 1.82) is 0 Å². The molecular formula is C15H27NO5SSi. The molecule has 0 saturated carbocycles. The van der Waals surface area contributed by atoms with Crippen molar-refractivity contribution in [2.75, 3.05) is 6.61 Å². The van der Waals surface area contributed by atoms with Gasteiger partial charge in [0.15, 0.2) is 8.32 Å². The Morgan fingerprint density at radius 1 is 1.43 bits per heavy atom. The molecule has 0 radical (unpaired) electrons. The fraction of sp³-hybridized carbons (Fsp3) is 0.867. The van der Waals surface area contributed by atoms with Crippen LogP contribution in [0.2, 0.25) is 18.1 Å². The monoisotopic (exact) mass is 361 g/mol. The molecule has 0 aromatic rings. The highest BCUT2D eigenvalue weighted by Crippen LogP contribution is 2.50. The van der Waals surface area contributed by atoms with Gasteiger partial charge < -0.3 is 19.5 Å². The third-order valence-electron chi connectivity index (χ3n) is 5.31. The molecule has 6 nitrogen and oxygen atoms in total. The van der Waals surface area contributed by atoms with Crippen LogP contribution in [0.3, 0.4) is 0 Å². The molecule has 23 heavy (non-hydrogen) atoms. The molecule has 0 bridgehead atoms. The summed E-state index contributed by atoms with van der Waals surface area (Å²) in [5, 5.41) is 18.1. The summed E-state index contributed by atoms with van der Waals surface area (Å²) in [5.74, 6) is -1.55. The van der Waals surface area contributed by atoms with Gasteiger partial charge in [0.25, 0.3) is 0 Å². The van der Waals surface area contributed by atoms with Crippen LogP contribution in [0.25, 0.3) is 0 Å². The maximum atomic E-state index is 12.5. The topological polar surface area (TPSA) is 87.1 Å². The number of amides is 1. The molecule has 2 N–H and O–H groups in total. The molecular weight excluding hydrogens is 334 g/mol. The van der Waals surface area contributed by atoms with Crippen LogP contribution in [-0.4, -0.2) is 64.7 Å². The Balaban J connectivity index is 2.12. The fourth-order valence-corrected chi connectivity index (χ4v) is 6.10. The van der Waals surface area contributed by atoms with E-state index in [9.17, 15) is 19.8 Å². The van der Waals surface area contributed by atoms with Gasteiger partial charge in [-0.2, -0.15) is 0 Å². The summed E-state index contributed by atoms with van der Waals surface area (Å²) in [5.41, 5.74) is 0. The number of carbonyl (C=O) groups is 2. The third-order valence-corrected chi connectivity index (χ3v) is 11.4. The van der Waals surface area contributed by atoms with Crippen LogP contribution in [0.4, 0.5) is 0 Å². The van der Waals surface area contributed by atoms with Gasteiger partial charge in [0, 0.05) is 0 Å². The zero-order valence-corrected chi connectivity index (χ0v) is 16.4. The van der Waals surface area contributed by atoms with Crippen LogP contribution >= 0.6 is 11.8 Å². The second kappa shape index (κ2) is 6.05. The lowest BCUT2D eigenvalue weighted by Gasteiger charge is -2.48. The number of carbonyl (C=O) groups excluding carboxylic acids is 1. The lowest BCUT2D eigenvalue weighted by molar-refractivity contribution is -0.167. The van der Waals surface area contributed by atoms with Crippen LogP contribution in [0.15, 0.2) is 0 Å². The maximum absolute atomic E-state index is 12.5. The number of aliphatic hydroxyl groups excluding tert-OH is 1. The van der Waals surface area contributed by atoms with Gasteiger partial charge in [-0.05, 0) is 25.1 Å². The van der Waals surface area contributed by atoms with Gasteiger partial charge in [0.2, 0.25) is 5.91 Å². The normalized spacial score (nSPS) is 32.5. The molecule has 0 spiro atoms. The first-order chi connectivity index (χ1) is 10.4.